The molecule has 0 saturated heterocycles. The van der Waals surface area contributed by atoms with Crippen LogP contribution in [0.25, 0.3) is 0 Å². The summed E-state index contributed by atoms with van der Waals surface area (Å²) in [7, 11) is 0. The summed E-state index contributed by atoms with van der Waals surface area (Å²) >= 11 is 5.84. The first kappa shape index (κ1) is 18.0. The minimum absolute atomic E-state index is 0.0227. The number of amides is 1. The predicted octanol–water partition coefficient (Wildman–Crippen LogP) is 5.17. The van der Waals surface area contributed by atoms with Gasteiger partial charge < -0.3 is 5.32 Å². The fraction of sp³-hybridized carbons (Fsp3) is 0.611. The quantitative estimate of drug-likeness (QED) is 0.772. The lowest BCUT2D eigenvalue weighted by Crippen LogP contribution is -2.35. The van der Waals surface area contributed by atoms with Crippen molar-refractivity contribution in [2.24, 2.45) is 17.3 Å². The Hall–Kier alpha value is -1.02. The van der Waals surface area contributed by atoms with Crippen molar-refractivity contribution in [1.29, 1.82) is 0 Å². The first-order valence-electron chi connectivity index (χ1n) is 7.74. The Kier molecular flexibility index (Phi) is 6.73. The van der Waals surface area contributed by atoms with Crippen LogP contribution < -0.4 is 5.32 Å². The zero-order valence-corrected chi connectivity index (χ0v) is 14.6. The summed E-state index contributed by atoms with van der Waals surface area (Å²) in [6, 6.07) is 7.02. The summed E-state index contributed by atoms with van der Waals surface area (Å²) in [6.07, 6.45) is 2.33. The second kappa shape index (κ2) is 7.84. The number of halogens is 1. The van der Waals surface area contributed by atoms with Crippen LogP contribution >= 0.6 is 11.6 Å². The van der Waals surface area contributed by atoms with Crippen LogP contribution in [0.15, 0.2) is 24.3 Å². The van der Waals surface area contributed by atoms with Crippen LogP contribution in [0.3, 0.4) is 0 Å². The standard InChI is InChI=1S/C18H28ClNO/c1-13(2)6-9-15(18(3,4)5)12-20-17(21)14-7-10-16(19)11-8-14/h7-8,10-11,13,15H,6,9,12H2,1-5H3,(H,20,21). The summed E-state index contributed by atoms with van der Waals surface area (Å²) < 4.78 is 0. The number of carbonyl (C=O) groups is 1. The molecule has 21 heavy (non-hydrogen) atoms. The zero-order valence-electron chi connectivity index (χ0n) is 13.9. The maximum absolute atomic E-state index is 12.2. The van der Waals surface area contributed by atoms with Crippen molar-refractivity contribution >= 4 is 17.5 Å². The molecule has 0 radical (unpaired) electrons. The van der Waals surface area contributed by atoms with Gasteiger partial charge in [0.25, 0.3) is 5.91 Å². The minimum Gasteiger partial charge on any atom is -0.352 e. The van der Waals surface area contributed by atoms with E-state index < -0.39 is 0 Å². The molecule has 1 aromatic rings. The van der Waals surface area contributed by atoms with E-state index >= 15 is 0 Å². The van der Waals surface area contributed by atoms with Crippen LogP contribution in [0.5, 0.6) is 0 Å². The maximum Gasteiger partial charge on any atom is 0.251 e. The average Bonchev–Trinajstić information content (AvgIpc) is 2.37. The van der Waals surface area contributed by atoms with Gasteiger partial charge in [-0.05, 0) is 47.9 Å². The number of hydrogen-bond acceptors (Lipinski definition) is 1. The van der Waals surface area contributed by atoms with Crippen LogP contribution in [0, 0.1) is 17.3 Å². The molecule has 1 aromatic carbocycles. The third kappa shape index (κ3) is 6.52. The lowest BCUT2D eigenvalue weighted by molar-refractivity contribution is 0.0929. The first-order valence-corrected chi connectivity index (χ1v) is 8.11. The molecule has 0 aliphatic rings. The van der Waals surface area contributed by atoms with E-state index in [0.29, 0.717) is 22.4 Å². The van der Waals surface area contributed by atoms with E-state index in [1.807, 2.05) is 0 Å². The second-order valence-electron chi connectivity index (χ2n) is 7.25. The molecule has 2 nitrogen and oxygen atoms in total. The van der Waals surface area contributed by atoms with E-state index in [-0.39, 0.29) is 11.3 Å². The monoisotopic (exact) mass is 309 g/mol. The third-order valence-electron chi connectivity index (χ3n) is 3.93. The van der Waals surface area contributed by atoms with Crippen molar-refractivity contribution in [3.05, 3.63) is 34.9 Å². The van der Waals surface area contributed by atoms with Gasteiger partial charge in [-0.2, -0.15) is 0 Å². The molecule has 0 aliphatic heterocycles. The Morgan fingerprint density at radius 3 is 2.19 bits per heavy atom. The molecule has 0 spiro atoms. The topological polar surface area (TPSA) is 29.1 Å². The van der Waals surface area contributed by atoms with E-state index in [2.05, 4.69) is 39.9 Å². The summed E-state index contributed by atoms with van der Waals surface area (Å²) in [6.45, 7) is 11.9. The summed E-state index contributed by atoms with van der Waals surface area (Å²) in [5, 5.41) is 3.72. The van der Waals surface area contributed by atoms with Gasteiger partial charge in [-0.25, -0.2) is 0 Å². The molecule has 1 N–H and O–H groups in total. The van der Waals surface area contributed by atoms with Gasteiger partial charge in [0.05, 0.1) is 0 Å². The van der Waals surface area contributed by atoms with Gasteiger partial charge in [0.2, 0.25) is 0 Å². The average molecular weight is 310 g/mol. The van der Waals surface area contributed by atoms with Gasteiger partial charge in [0.15, 0.2) is 0 Å². The fourth-order valence-corrected chi connectivity index (χ4v) is 2.42. The highest BCUT2D eigenvalue weighted by Gasteiger charge is 2.25. The van der Waals surface area contributed by atoms with Crippen LogP contribution in [0.2, 0.25) is 5.02 Å². The van der Waals surface area contributed by atoms with Crippen molar-refractivity contribution < 1.29 is 4.79 Å². The summed E-state index contributed by atoms with van der Waals surface area (Å²) in [5.74, 6) is 1.16. The zero-order chi connectivity index (χ0) is 16.0. The van der Waals surface area contributed by atoms with E-state index in [9.17, 15) is 4.79 Å². The highest BCUT2D eigenvalue weighted by Crippen LogP contribution is 2.30. The highest BCUT2D eigenvalue weighted by atomic mass is 35.5. The van der Waals surface area contributed by atoms with Gasteiger partial charge >= 0.3 is 0 Å². The number of benzene rings is 1. The van der Waals surface area contributed by atoms with Crippen LogP contribution in [0.4, 0.5) is 0 Å². The molecular weight excluding hydrogens is 282 g/mol. The third-order valence-corrected chi connectivity index (χ3v) is 4.18. The van der Waals surface area contributed by atoms with Crippen LogP contribution in [-0.4, -0.2) is 12.5 Å². The highest BCUT2D eigenvalue weighted by molar-refractivity contribution is 6.30. The molecule has 0 bridgehead atoms. The Labute approximate surface area is 134 Å². The molecule has 0 heterocycles. The predicted molar refractivity (Wildman–Crippen MR) is 90.8 cm³/mol. The minimum atomic E-state index is -0.0227. The fourth-order valence-electron chi connectivity index (χ4n) is 2.30. The number of nitrogens with one attached hydrogen (secondary N) is 1. The Morgan fingerprint density at radius 2 is 1.71 bits per heavy atom. The van der Waals surface area contributed by atoms with Gasteiger partial charge in [-0.3, -0.25) is 4.79 Å². The van der Waals surface area contributed by atoms with Gasteiger partial charge in [-0.1, -0.05) is 52.6 Å². The molecule has 1 rings (SSSR count). The number of hydrogen-bond donors (Lipinski definition) is 1. The van der Waals surface area contributed by atoms with Crippen LogP contribution in [0.1, 0.15) is 57.8 Å². The molecule has 3 heteroatoms. The Bertz CT molecular complexity index is 445. The summed E-state index contributed by atoms with van der Waals surface area (Å²) in [5.41, 5.74) is 0.859. The molecule has 0 fully saturated rings. The van der Waals surface area contributed by atoms with Crippen molar-refractivity contribution in [3.63, 3.8) is 0 Å². The van der Waals surface area contributed by atoms with E-state index in [0.717, 1.165) is 13.0 Å². The molecule has 1 unspecified atom stereocenters. The van der Waals surface area contributed by atoms with E-state index in [1.54, 1.807) is 24.3 Å². The second-order valence-corrected chi connectivity index (χ2v) is 7.69. The van der Waals surface area contributed by atoms with E-state index in [4.69, 9.17) is 11.6 Å². The molecular formula is C18H28ClNO. The smallest absolute Gasteiger partial charge is 0.251 e. The van der Waals surface area contributed by atoms with Crippen LogP contribution in [-0.2, 0) is 0 Å². The van der Waals surface area contributed by atoms with E-state index in [1.165, 1.54) is 6.42 Å². The SMILES string of the molecule is CC(C)CCC(CNC(=O)c1ccc(Cl)cc1)C(C)(C)C. The van der Waals surface area contributed by atoms with Crippen molar-refractivity contribution in [1.82, 2.24) is 5.32 Å². The lowest BCUT2D eigenvalue weighted by atomic mass is 9.77. The maximum atomic E-state index is 12.2. The van der Waals surface area contributed by atoms with Gasteiger partial charge in [0.1, 0.15) is 0 Å². The lowest BCUT2D eigenvalue weighted by Gasteiger charge is -2.31. The van der Waals surface area contributed by atoms with Crippen molar-refractivity contribution in [3.8, 4) is 0 Å². The summed E-state index contributed by atoms with van der Waals surface area (Å²) in [4.78, 5) is 12.2. The molecule has 1 amide bonds. The molecule has 0 aromatic heterocycles. The Morgan fingerprint density at radius 1 is 1.14 bits per heavy atom. The first-order chi connectivity index (χ1) is 9.70. The number of rotatable bonds is 6. The molecule has 1 atom stereocenters. The van der Waals surface area contributed by atoms with Crippen molar-refractivity contribution in [2.75, 3.05) is 6.54 Å². The molecule has 0 aliphatic carbocycles. The molecule has 118 valence electrons. The normalized spacial score (nSPS) is 13.3. The van der Waals surface area contributed by atoms with Gasteiger partial charge in [-0.15, -0.1) is 0 Å². The largest absolute Gasteiger partial charge is 0.352 e. The Balaban J connectivity index is 2.59. The molecule has 0 saturated carbocycles. The van der Waals surface area contributed by atoms with Crippen molar-refractivity contribution in [2.45, 2.75) is 47.5 Å². The number of carbonyl (C=O) groups excluding carboxylic acids is 1. The van der Waals surface area contributed by atoms with Gasteiger partial charge in [0, 0.05) is 17.1 Å².